The Morgan fingerprint density at radius 3 is 3.13 bits per heavy atom. The van der Waals surface area contributed by atoms with Crippen LogP contribution in [0.3, 0.4) is 0 Å². The lowest BCUT2D eigenvalue weighted by molar-refractivity contribution is 0.171. The molecule has 1 aromatic rings. The number of hydrogen-bond acceptors (Lipinski definition) is 4. The van der Waals surface area contributed by atoms with Crippen LogP contribution in [0.25, 0.3) is 0 Å². The van der Waals surface area contributed by atoms with E-state index in [-0.39, 0.29) is 6.04 Å². The van der Waals surface area contributed by atoms with E-state index < -0.39 is 0 Å². The van der Waals surface area contributed by atoms with E-state index in [1.54, 1.807) is 13.3 Å². The topological polar surface area (TPSA) is 57.9 Å². The van der Waals surface area contributed by atoms with Crippen molar-refractivity contribution in [1.82, 2.24) is 10.3 Å². The third-order valence-electron chi connectivity index (χ3n) is 2.05. The molecule has 0 amide bonds. The predicted molar refractivity (Wildman–Crippen MR) is 57.1 cm³/mol. The Hall–Kier alpha value is -1.44. The second kappa shape index (κ2) is 6.12. The molecule has 1 unspecified atom stereocenters. The molecule has 1 heterocycles. The summed E-state index contributed by atoms with van der Waals surface area (Å²) >= 11 is 0. The fourth-order valence-corrected chi connectivity index (χ4v) is 1.28. The van der Waals surface area contributed by atoms with Gasteiger partial charge in [-0.25, -0.2) is 4.98 Å². The Morgan fingerprint density at radius 1 is 1.67 bits per heavy atom. The summed E-state index contributed by atoms with van der Waals surface area (Å²) in [6.45, 7) is 3.33. The van der Waals surface area contributed by atoms with Crippen molar-refractivity contribution in [2.75, 3.05) is 13.7 Å². The molecule has 1 aromatic heterocycles. The minimum absolute atomic E-state index is 0.266. The standard InChI is InChI=1S/C11H15N3O/c1-9(8-15-2)14-7-10-4-3-5-13-11(10)6-12/h3-5,9,14H,7-8H2,1-2H3. The van der Waals surface area contributed by atoms with Gasteiger partial charge in [-0.2, -0.15) is 5.26 Å². The third kappa shape index (κ3) is 3.66. The molecule has 4 nitrogen and oxygen atoms in total. The van der Waals surface area contributed by atoms with Crippen LogP contribution < -0.4 is 5.32 Å². The zero-order valence-electron chi connectivity index (χ0n) is 9.03. The lowest BCUT2D eigenvalue weighted by Crippen LogP contribution is -2.29. The molecule has 4 heteroatoms. The highest BCUT2D eigenvalue weighted by Crippen LogP contribution is 2.03. The Kier molecular flexibility index (Phi) is 4.75. The third-order valence-corrected chi connectivity index (χ3v) is 2.05. The van der Waals surface area contributed by atoms with Crippen LogP contribution in [-0.4, -0.2) is 24.7 Å². The predicted octanol–water partition coefficient (Wildman–Crippen LogP) is 1.08. The first-order valence-electron chi connectivity index (χ1n) is 4.84. The van der Waals surface area contributed by atoms with Gasteiger partial charge in [-0.3, -0.25) is 0 Å². The second-order valence-corrected chi connectivity index (χ2v) is 3.36. The van der Waals surface area contributed by atoms with Crippen LogP contribution in [0.1, 0.15) is 18.2 Å². The molecule has 15 heavy (non-hydrogen) atoms. The summed E-state index contributed by atoms with van der Waals surface area (Å²) in [5, 5.41) is 12.1. The van der Waals surface area contributed by atoms with E-state index in [9.17, 15) is 0 Å². The zero-order valence-corrected chi connectivity index (χ0v) is 9.03. The molecule has 1 atom stereocenters. The first-order chi connectivity index (χ1) is 7.27. The number of methoxy groups -OCH3 is 1. The maximum absolute atomic E-state index is 8.82. The van der Waals surface area contributed by atoms with Gasteiger partial charge in [-0.05, 0) is 13.0 Å². The van der Waals surface area contributed by atoms with Crippen molar-refractivity contribution in [1.29, 1.82) is 5.26 Å². The SMILES string of the molecule is COCC(C)NCc1cccnc1C#N. The molecule has 0 aliphatic rings. The van der Waals surface area contributed by atoms with E-state index in [2.05, 4.69) is 16.4 Å². The van der Waals surface area contributed by atoms with Gasteiger partial charge in [0.05, 0.1) is 6.61 Å². The fourth-order valence-electron chi connectivity index (χ4n) is 1.28. The average molecular weight is 205 g/mol. The van der Waals surface area contributed by atoms with E-state index in [0.29, 0.717) is 18.8 Å². The van der Waals surface area contributed by atoms with Gasteiger partial charge >= 0.3 is 0 Å². The van der Waals surface area contributed by atoms with Gasteiger partial charge in [0.2, 0.25) is 0 Å². The lowest BCUT2D eigenvalue weighted by atomic mass is 10.2. The second-order valence-electron chi connectivity index (χ2n) is 3.36. The highest BCUT2D eigenvalue weighted by molar-refractivity contribution is 5.30. The van der Waals surface area contributed by atoms with Crippen LogP contribution >= 0.6 is 0 Å². The largest absolute Gasteiger partial charge is 0.383 e. The van der Waals surface area contributed by atoms with Gasteiger partial charge in [0.1, 0.15) is 11.8 Å². The van der Waals surface area contributed by atoms with Gasteiger partial charge in [-0.15, -0.1) is 0 Å². The number of aromatic nitrogens is 1. The van der Waals surface area contributed by atoms with Gasteiger partial charge in [0, 0.05) is 31.5 Å². The molecule has 0 saturated heterocycles. The van der Waals surface area contributed by atoms with Crippen LogP contribution in [-0.2, 0) is 11.3 Å². The summed E-state index contributed by atoms with van der Waals surface area (Å²) in [7, 11) is 1.67. The average Bonchev–Trinajstić information content (AvgIpc) is 2.27. The monoisotopic (exact) mass is 205 g/mol. The molecular formula is C11H15N3O. The van der Waals surface area contributed by atoms with Crippen LogP contribution in [0.2, 0.25) is 0 Å². The Morgan fingerprint density at radius 2 is 2.47 bits per heavy atom. The quantitative estimate of drug-likeness (QED) is 0.781. The first kappa shape index (κ1) is 11.6. The Balaban J connectivity index is 2.54. The van der Waals surface area contributed by atoms with Crippen molar-refractivity contribution in [3.8, 4) is 6.07 Å². The van der Waals surface area contributed by atoms with Gasteiger partial charge < -0.3 is 10.1 Å². The molecule has 0 aliphatic heterocycles. The van der Waals surface area contributed by atoms with Crippen LogP contribution in [0.15, 0.2) is 18.3 Å². The van der Waals surface area contributed by atoms with Crippen molar-refractivity contribution in [3.63, 3.8) is 0 Å². The smallest absolute Gasteiger partial charge is 0.144 e. The number of nitrogens with zero attached hydrogens (tertiary/aromatic N) is 2. The summed E-state index contributed by atoms with van der Waals surface area (Å²) in [5.74, 6) is 0. The molecule has 0 bridgehead atoms. The molecule has 0 saturated carbocycles. The van der Waals surface area contributed by atoms with E-state index in [1.165, 1.54) is 0 Å². The van der Waals surface area contributed by atoms with E-state index >= 15 is 0 Å². The number of ether oxygens (including phenoxy) is 1. The number of nitriles is 1. The van der Waals surface area contributed by atoms with E-state index in [0.717, 1.165) is 5.56 Å². The maximum atomic E-state index is 8.82. The molecule has 1 N–H and O–H groups in total. The lowest BCUT2D eigenvalue weighted by Gasteiger charge is -2.12. The molecular weight excluding hydrogens is 190 g/mol. The number of nitrogens with one attached hydrogen (secondary N) is 1. The summed E-state index contributed by atoms with van der Waals surface area (Å²) in [5.41, 5.74) is 1.40. The number of pyridine rings is 1. The normalized spacial score (nSPS) is 12.1. The van der Waals surface area contributed by atoms with Crippen molar-refractivity contribution in [2.24, 2.45) is 0 Å². The summed E-state index contributed by atoms with van der Waals surface area (Å²) in [6.07, 6.45) is 1.63. The molecule has 0 radical (unpaired) electrons. The van der Waals surface area contributed by atoms with Crippen molar-refractivity contribution < 1.29 is 4.74 Å². The molecule has 0 aromatic carbocycles. The Bertz CT molecular complexity index is 346. The molecule has 1 rings (SSSR count). The molecule has 0 fully saturated rings. The summed E-state index contributed by atoms with van der Waals surface area (Å²) in [4.78, 5) is 3.99. The molecule has 0 spiro atoms. The zero-order chi connectivity index (χ0) is 11.1. The van der Waals surface area contributed by atoms with E-state index in [1.807, 2.05) is 19.1 Å². The highest BCUT2D eigenvalue weighted by atomic mass is 16.5. The van der Waals surface area contributed by atoms with Gasteiger partial charge in [-0.1, -0.05) is 6.07 Å². The van der Waals surface area contributed by atoms with Crippen molar-refractivity contribution in [3.05, 3.63) is 29.6 Å². The van der Waals surface area contributed by atoms with Gasteiger partial charge in [0.15, 0.2) is 0 Å². The van der Waals surface area contributed by atoms with E-state index in [4.69, 9.17) is 10.00 Å². The minimum atomic E-state index is 0.266. The van der Waals surface area contributed by atoms with Crippen LogP contribution in [0, 0.1) is 11.3 Å². The maximum Gasteiger partial charge on any atom is 0.144 e. The molecule has 0 aliphatic carbocycles. The van der Waals surface area contributed by atoms with Crippen LogP contribution in [0.5, 0.6) is 0 Å². The highest BCUT2D eigenvalue weighted by Gasteiger charge is 2.04. The fraction of sp³-hybridized carbons (Fsp3) is 0.455. The number of rotatable bonds is 5. The molecule has 80 valence electrons. The van der Waals surface area contributed by atoms with Gasteiger partial charge in [0.25, 0.3) is 0 Å². The Labute approximate surface area is 89.9 Å². The van der Waals surface area contributed by atoms with Crippen molar-refractivity contribution >= 4 is 0 Å². The van der Waals surface area contributed by atoms with Crippen molar-refractivity contribution in [2.45, 2.75) is 19.5 Å². The summed E-state index contributed by atoms with van der Waals surface area (Å²) < 4.78 is 5.01. The minimum Gasteiger partial charge on any atom is -0.383 e. The number of hydrogen-bond donors (Lipinski definition) is 1. The summed E-state index contributed by atoms with van der Waals surface area (Å²) in [6, 6.07) is 6.07. The first-order valence-corrected chi connectivity index (χ1v) is 4.84. The van der Waals surface area contributed by atoms with Crippen LogP contribution in [0.4, 0.5) is 0 Å².